The zero-order valence-corrected chi connectivity index (χ0v) is 12.8. The van der Waals surface area contributed by atoms with Crippen LogP contribution in [0.3, 0.4) is 0 Å². The summed E-state index contributed by atoms with van der Waals surface area (Å²) in [4.78, 5) is 22.1. The van der Waals surface area contributed by atoms with Gasteiger partial charge in [-0.3, -0.25) is 14.3 Å². The van der Waals surface area contributed by atoms with Crippen LogP contribution in [0.4, 0.5) is 11.4 Å². The molecule has 7 nitrogen and oxygen atoms in total. The lowest BCUT2D eigenvalue weighted by molar-refractivity contribution is -0.136. The van der Waals surface area contributed by atoms with Gasteiger partial charge in [-0.15, -0.1) is 0 Å². The van der Waals surface area contributed by atoms with Crippen LogP contribution in [-0.4, -0.2) is 30.7 Å². The molecule has 0 spiro atoms. The number of aliphatic carboxylic acids is 1. The Balaban J connectivity index is 3.05. The van der Waals surface area contributed by atoms with Crippen molar-refractivity contribution < 1.29 is 23.1 Å². The van der Waals surface area contributed by atoms with Crippen molar-refractivity contribution in [3.8, 4) is 0 Å². The van der Waals surface area contributed by atoms with Gasteiger partial charge >= 0.3 is 5.97 Å². The highest BCUT2D eigenvalue weighted by Gasteiger charge is 2.28. The number of hydrogen-bond acceptors (Lipinski definition) is 4. The van der Waals surface area contributed by atoms with Crippen LogP contribution in [0.1, 0.15) is 25.8 Å². The van der Waals surface area contributed by atoms with Crippen molar-refractivity contribution in [2.24, 2.45) is 0 Å². The second-order valence-corrected chi connectivity index (χ2v) is 6.56. The molecule has 21 heavy (non-hydrogen) atoms. The average molecular weight is 314 g/mol. The van der Waals surface area contributed by atoms with Crippen LogP contribution in [0, 0.1) is 6.92 Å². The molecule has 0 aliphatic heterocycles. The number of carbonyl (C=O) groups excluding carboxylic acids is 1. The van der Waals surface area contributed by atoms with Crippen LogP contribution in [0.5, 0.6) is 0 Å². The number of nitrogens with one attached hydrogen (secondary N) is 2. The first-order chi connectivity index (χ1) is 9.67. The first-order valence-electron chi connectivity index (χ1n) is 6.32. The van der Waals surface area contributed by atoms with E-state index in [0.717, 1.165) is 6.92 Å². The number of sulfonamides is 1. The van der Waals surface area contributed by atoms with E-state index in [-0.39, 0.29) is 11.6 Å². The molecule has 0 saturated heterocycles. The van der Waals surface area contributed by atoms with E-state index in [1.54, 1.807) is 26.0 Å². The second kappa shape index (κ2) is 6.57. The van der Waals surface area contributed by atoms with Gasteiger partial charge in [-0.2, -0.15) is 0 Å². The van der Waals surface area contributed by atoms with E-state index in [2.05, 4.69) is 10.0 Å². The topological polar surface area (TPSA) is 113 Å². The fourth-order valence-electron chi connectivity index (χ4n) is 1.43. The number of carbonyl (C=O) groups is 2. The van der Waals surface area contributed by atoms with Crippen molar-refractivity contribution >= 4 is 33.3 Å². The number of amides is 1. The molecule has 3 N–H and O–H groups in total. The van der Waals surface area contributed by atoms with Crippen molar-refractivity contribution in [3.63, 3.8) is 0 Å². The molecule has 1 aromatic carbocycles. The molecular formula is C13H18N2O5S. The molecule has 116 valence electrons. The Hall–Kier alpha value is -2.09. The van der Waals surface area contributed by atoms with Gasteiger partial charge in [-0.25, -0.2) is 8.42 Å². The summed E-state index contributed by atoms with van der Waals surface area (Å²) >= 11 is 0. The number of carboxylic acids is 1. The van der Waals surface area contributed by atoms with Gasteiger partial charge in [0.1, 0.15) is 0 Å². The maximum Gasteiger partial charge on any atom is 0.323 e. The third-order valence-corrected chi connectivity index (χ3v) is 4.54. The molecule has 0 fully saturated rings. The summed E-state index contributed by atoms with van der Waals surface area (Å²) in [6.45, 7) is 4.46. The Morgan fingerprint density at radius 3 is 2.48 bits per heavy atom. The summed E-state index contributed by atoms with van der Waals surface area (Å²) in [7, 11) is -4.05. The minimum absolute atomic E-state index is 0.202. The van der Waals surface area contributed by atoms with Crippen LogP contribution in [0.2, 0.25) is 0 Å². The maximum absolute atomic E-state index is 11.9. The van der Waals surface area contributed by atoms with Crippen molar-refractivity contribution in [1.29, 1.82) is 0 Å². The Morgan fingerprint density at radius 2 is 1.95 bits per heavy atom. The van der Waals surface area contributed by atoms with E-state index in [1.165, 1.54) is 6.07 Å². The molecule has 0 saturated carbocycles. The molecule has 0 bridgehead atoms. The standard InChI is InChI=1S/C13H18N2O5S/c1-4-12(16)14-10-6-5-8(2)11(7-10)15-21(19,20)9(3)13(17)18/h5-7,9,15H,4H2,1-3H3,(H,14,16)(H,17,18). The number of hydrogen-bond donors (Lipinski definition) is 3. The Morgan fingerprint density at radius 1 is 1.33 bits per heavy atom. The largest absolute Gasteiger partial charge is 0.480 e. The molecule has 0 radical (unpaired) electrons. The minimum atomic E-state index is -4.05. The van der Waals surface area contributed by atoms with Gasteiger partial charge in [-0.1, -0.05) is 13.0 Å². The van der Waals surface area contributed by atoms with Gasteiger partial charge in [0, 0.05) is 12.1 Å². The Bertz CT molecular complexity index is 655. The summed E-state index contributed by atoms with van der Waals surface area (Å²) in [6, 6.07) is 4.73. The van der Waals surface area contributed by atoms with Crippen molar-refractivity contribution in [3.05, 3.63) is 23.8 Å². The number of benzene rings is 1. The molecular weight excluding hydrogens is 296 g/mol. The highest BCUT2D eigenvalue weighted by Crippen LogP contribution is 2.22. The lowest BCUT2D eigenvalue weighted by atomic mass is 10.2. The molecule has 0 aliphatic carbocycles. The van der Waals surface area contributed by atoms with E-state index in [1.807, 2.05) is 0 Å². The molecule has 1 rings (SSSR count). The molecule has 8 heteroatoms. The lowest BCUT2D eigenvalue weighted by Gasteiger charge is -2.14. The number of anilines is 2. The zero-order chi connectivity index (χ0) is 16.2. The fraction of sp³-hybridized carbons (Fsp3) is 0.385. The molecule has 1 amide bonds. The van der Waals surface area contributed by atoms with Crippen molar-refractivity contribution in [2.45, 2.75) is 32.4 Å². The summed E-state index contributed by atoms with van der Waals surface area (Å²) < 4.78 is 26.0. The van der Waals surface area contributed by atoms with E-state index in [9.17, 15) is 18.0 Å². The zero-order valence-electron chi connectivity index (χ0n) is 12.0. The van der Waals surface area contributed by atoms with E-state index in [4.69, 9.17) is 5.11 Å². The highest BCUT2D eigenvalue weighted by molar-refractivity contribution is 7.94. The lowest BCUT2D eigenvalue weighted by Crippen LogP contribution is -2.32. The summed E-state index contributed by atoms with van der Waals surface area (Å²) in [5, 5.41) is 9.82. The maximum atomic E-state index is 11.9. The quantitative estimate of drug-likeness (QED) is 0.737. The monoisotopic (exact) mass is 314 g/mol. The predicted octanol–water partition coefficient (Wildman–Crippen LogP) is 1.56. The third-order valence-electron chi connectivity index (χ3n) is 2.91. The van der Waals surface area contributed by atoms with E-state index in [0.29, 0.717) is 17.7 Å². The molecule has 1 unspecified atom stereocenters. The summed E-state index contributed by atoms with van der Waals surface area (Å²) in [5.74, 6) is -1.64. The third kappa shape index (κ3) is 4.45. The summed E-state index contributed by atoms with van der Waals surface area (Å²) in [6.07, 6.45) is 0.297. The first kappa shape index (κ1) is 17.0. The van der Waals surface area contributed by atoms with Crippen LogP contribution < -0.4 is 10.0 Å². The van der Waals surface area contributed by atoms with Crippen LogP contribution in [0.25, 0.3) is 0 Å². The predicted molar refractivity (Wildman–Crippen MR) is 79.7 cm³/mol. The van der Waals surface area contributed by atoms with Crippen LogP contribution in [0.15, 0.2) is 18.2 Å². The number of carboxylic acid groups (broad SMARTS) is 1. The van der Waals surface area contributed by atoms with Gasteiger partial charge in [0.2, 0.25) is 15.9 Å². The van der Waals surface area contributed by atoms with Gasteiger partial charge in [-0.05, 0) is 31.5 Å². The first-order valence-corrected chi connectivity index (χ1v) is 7.87. The Kier molecular flexibility index (Phi) is 5.31. The van der Waals surface area contributed by atoms with Crippen molar-refractivity contribution in [1.82, 2.24) is 0 Å². The van der Waals surface area contributed by atoms with Crippen molar-refractivity contribution in [2.75, 3.05) is 10.0 Å². The average Bonchev–Trinajstić information content (AvgIpc) is 2.41. The van der Waals surface area contributed by atoms with Gasteiger partial charge < -0.3 is 10.4 Å². The molecule has 1 aromatic rings. The van der Waals surface area contributed by atoms with Crippen LogP contribution >= 0.6 is 0 Å². The van der Waals surface area contributed by atoms with E-state index >= 15 is 0 Å². The number of aryl methyl sites for hydroxylation is 1. The van der Waals surface area contributed by atoms with Gasteiger partial charge in [0.05, 0.1) is 5.69 Å². The minimum Gasteiger partial charge on any atom is -0.480 e. The van der Waals surface area contributed by atoms with E-state index < -0.39 is 21.2 Å². The Labute approximate surface area is 123 Å². The highest BCUT2D eigenvalue weighted by atomic mass is 32.2. The van der Waals surface area contributed by atoms with Gasteiger partial charge in [0.15, 0.2) is 5.25 Å². The van der Waals surface area contributed by atoms with Gasteiger partial charge in [0.25, 0.3) is 0 Å². The molecule has 0 aromatic heterocycles. The fourth-order valence-corrected chi connectivity index (χ4v) is 2.40. The second-order valence-electron chi connectivity index (χ2n) is 4.56. The normalized spacial score (nSPS) is 12.5. The molecule has 0 heterocycles. The summed E-state index contributed by atoms with van der Waals surface area (Å²) in [5.41, 5.74) is 1.29. The van der Waals surface area contributed by atoms with Crippen LogP contribution in [-0.2, 0) is 19.6 Å². The SMILES string of the molecule is CCC(=O)Nc1ccc(C)c(NS(=O)(=O)C(C)C(=O)O)c1. The molecule has 1 atom stereocenters. The molecule has 0 aliphatic rings. The number of rotatable bonds is 6. The smallest absolute Gasteiger partial charge is 0.323 e.